The van der Waals surface area contributed by atoms with Crippen LogP contribution >= 0.6 is 0 Å². The molecule has 2 heterocycles. The van der Waals surface area contributed by atoms with Crippen LogP contribution in [-0.4, -0.2) is 43.2 Å². The van der Waals surface area contributed by atoms with Crippen LogP contribution in [0.4, 0.5) is 0 Å². The lowest BCUT2D eigenvalue weighted by atomic mass is 9.66. The standard InChI is InChI=1S/C12H23NO3/c1-2-10-7-12(14,4-6-16-10)11(8-13)3-5-15-9-11/h10,14H,2-9,13H2,1H3. The SMILES string of the molecule is CCC1CC(O)(C2(CN)CCOC2)CCO1. The molecule has 0 radical (unpaired) electrons. The van der Waals surface area contributed by atoms with Gasteiger partial charge >= 0.3 is 0 Å². The highest BCUT2D eigenvalue weighted by Crippen LogP contribution is 2.45. The molecule has 2 aliphatic heterocycles. The molecule has 0 aromatic rings. The molecule has 0 aromatic carbocycles. The maximum atomic E-state index is 10.9. The van der Waals surface area contributed by atoms with Crippen LogP contribution in [0.25, 0.3) is 0 Å². The van der Waals surface area contributed by atoms with E-state index in [0.29, 0.717) is 32.6 Å². The number of rotatable bonds is 3. The van der Waals surface area contributed by atoms with Gasteiger partial charge in [0.1, 0.15) is 0 Å². The number of hydrogen-bond donors (Lipinski definition) is 2. The molecule has 2 aliphatic rings. The molecule has 0 aliphatic carbocycles. The van der Waals surface area contributed by atoms with Gasteiger partial charge in [0, 0.05) is 38.0 Å². The van der Waals surface area contributed by atoms with Gasteiger partial charge in [0.15, 0.2) is 0 Å². The summed E-state index contributed by atoms with van der Waals surface area (Å²) in [7, 11) is 0. The van der Waals surface area contributed by atoms with E-state index in [0.717, 1.165) is 19.4 Å². The van der Waals surface area contributed by atoms with Crippen LogP contribution in [0.2, 0.25) is 0 Å². The first-order valence-electron chi connectivity index (χ1n) is 6.27. The monoisotopic (exact) mass is 229 g/mol. The van der Waals surface area contributed by atoms with Crippen LogP contribution in [0.1, 0.15) is 32.6 Å². The zero-order valence-corrected chi connectivity index (χ0v) is 10.1. The number of nitrogens with two attached hydrogens (primary N) is 1. The summed E-state index contributed by atoms with van der Waals surface area (Å²) in [6.45, 7) is 4.54. The molecule has 2 fully saturated rings. The summed E-state index contributed by atoms with van der Waals surface area (Å²) in [5.74, 6) is 0. The van der Waals surface area contributed by atoms with E-state index >= 15 is 0 Å². The minimum absolute atomic E-state index is 0.169. The van der Waals surface area contributed by atoms with Crippen LogP contribution in [0.5, 0.6) is 0 Å². The Bertz CT molecular complexity index is 240. The van der Waals surface area contributed by atoms with E-state index in [2.05, 4.69) is 6.92 Å². The zero-order valence-electron chi connectivity index (χ0n) is 10.1. The van der Waals surface area contributed by atoms with E-state index in [4.69, 9.17) is 15.2 Å². The number of aliphatic hydroxyl groups is 1. The third-order valence-electron chi connectivity index (χ3n) is 4.37. The highest BCUT2D eigenvalue weighted by Gasteiger charge is 2.53. The molecule has 94 valence electrons. The molecule has 3 N–H and O–H groups in total. The lowest BCUT2D eigenvalue weighted by Gasteiger charge is -2.47. The smallest absolute Gasteiger partial charge is 0.0785 e. The Morgan fingerprint density at radius 2 is 2.19 bits per heavy atom. The fourth-order valence-corrected chi connectivity index (χ4v) is 3.00. The number of hydrogen-bond acceptors (Lipinski definition) is 4. The summed E-state index contributed by atoms with van der Waals surface area (Å²) < 4.78 is 11.1. The summed E-state index contributed by atoms with van der Waals surface area (Å²) in [5.41, 5.74) is 4.95. The Morgan fingerprint density at radius 3 is 2.75 bits per heavy atom. The Morgan fingerprint density at radius 1 is 1.38 bits per heavy atom. The van der Waals surface area contributed by atoms with Crippen LogP contribution in [-0.2, 0) is 9.47 Å². The van der Waals surface area contributed by atoms with Crippen molar-refractivity contribution in [2.75, 3.05) is 26.4 Å². The molecule has 2 rings (SSSR count). The minimum Gasteiger partial charge on any atom is -0.389 e. The Hall–Kier alpha value is -0.160. The lowest BCUT2D eigenvalue weighted by Crippen LogP contribution is -2.57. The van der Waals surface area contributed by atoms with Crippen molar-refractivity contribution in [1.29, 1.82) is 0 Å². The van der Waals surface area contributed by atoms with Gasteiger partial charge in [-0.1, -0.05) is 6.92 Å². The molecule has 4 heteroatoms. The lowest BCUT2D eigenvalue weighted by molar-refractivity contribution is -0.166. The largest absolute Gasteiger partial charge is 0.389 e. The molecule has 0 aromatic heterocycles. The average Bonchev–Trinajstić information content (AvgIpc) is 2.79. The first kappa shape index (κ1) is 12.3. The molecule has 0 spiro atoms. The maximum absolute atomic E-state index is 10.9. The van der Waals surface area contributed by atoms with E-state index in [1.54, 1.807) is 0 Å². The molecule has 2 saturated heterocycles. The van der Waals surface area contributed by atoms with Gasteiger partial charge in [-0.25, -0.2) is 0 Å². The summed E-state index contributed by atoms with van der Waals surface area (Å²) in [6, 6.07) is 0. The van der Waals surface area contributed by atoms with Gasteiger partial charge in [0.25, 0.3) is 0 Å². The van der Waals surface area contributed by atoms with E-state index in [1.807, 2.05) is 0 Å². The van der Waals surface area contributed by atoms with Crippen LogP contribution < -0.4 is 5.73 Å². The molecule has 4 nitrogen and oxygen atoms in total. The normalized spacial score (nSPS) is 44.8. The molecule has 3 atom stereocenters. The molecular weight excluding hydrogens is 206 g/mol. The van der Waals surface area contributed by atoms with Crippen molar-refractivity contribution >= 4 is 0 Å². The third kappa shape index (κ3) is 1.88. The fourth-order valence-electron chi connectivity index (χ4n) is 3.00. The summed E-state index contributed by atoms with van der Waals surface area (Å²) in [5, 5.41) is 10.9. The van der Waals surface area contributed by atoms with E-state index in [1.165, 1.54) is 0 Å². The van der Waals surface area contributed by atoms with E-state index in [-0.39, 0.29) is 11.5 Å². The van der Waals surface area contributed by atoms with Gasteiger partial charge in [-0.05, 0) is 12.8 Å². The highest BCUT2D eigenvalue weighted by atomic mass is 16.5. The topological polar surface area (TPSA) is 64.7 Å². The number of ether oxygens (including phenoxy) is 2. The first-order chi connectivity index (χ1) is 7.66. The quantitative estimate of drug-likeness (QED) is 0.746. The van der Waals surface area contributed by atoms with E-state index < -0.39 is 5.60 Å². The van der Waals surface area contributed by atoms with Gasteiger partial charge in [-0.15, -0.1) is 0 Å². The molecule has 0 amide bonds. The molecule has 3 unspecified atom stereocenters. The maximum Gasteiger partial charge on any atom is 0.0785 e. The Labute approximate surface area is 97.1 Å². The molecular formula is C12H23NO3. The van der Waals surface area contributed by atoms with Crippen LogP contribution in [0, 0.1) is 5.41 Å². The Balaban J connectivity index is 2.15. The van der Waals surface area contributed by atoms with Gasteiger partial charge in [-0.3, -0.25) is 0 Å². The fraction of sp³-hybridized carbons (Fsp3) is 1.00. The predicted molar refractivity (Wildman–Crippen MR) is 61.1 cm³/mol. The second-order valence-corrected chi connectivity index (χ2v) is 5.17. The molecule has 16 heavy (non-hydrogen) atoms. The molecule has 0 saturated carbocycles. The summed E-state index contributed by atoms with van der Waals surface area (Å²) >= 11 is 0. The minimum atomic E-state index is -0.697. The van der Waals surface area contributed by atoms with Gasteiger partial charge in [-0.2, -0.15) is 0 Å². The highest BCUT2D eigenvalue weighted by molar-refractivity contribution is 5.04. The van der Waals surface area contributed by atoms with Gasteiger partial charge < -0.3 is 20.3 Å². The zero-order chi connectivity index (χ0) is 11.6. The summed E-state index contributed by atoms with van der Waals surface area (Å²) in [6.07, 6.45) is 3.37. The van der Waals surface area contributed by atoms with E-state index in [9.17, 15) is 5.11 Å². The van der Waals surface area contributed by atoms with Crippen molar-refractivity contribution < 1.29 is 14.6 Å². The van der Waals surface area contributed by atoms with Crippen molar-refractivity contribution in [2.45, 2.75) is 44.3 Å². The van der Waals surface area contributed by atoms with Crippen molar-refractivity contribution in [3.63, 3.8) is 0 Å². The van der Waals surface area contributed by atoms with Crippen molar-refractivity contribution in [2.24, 2.45) is 11.1 Å². The second-order valence-electron chi connectivity index (χ2n) is 5.17. The van der Waals surface area contributed by atoms with Crippen LogP contribution in [0.15, 0.2) is 0 Å². The van der Waals surface area contributed by atoms with Crippen molar-refractivity contribution in [1.82, 2.24) is 0 Å². The van der Waals surface area contributed by atoms with Crippen molar-refractivity contribution in [3.05, 3.63) is 0 Å². The first-order valence-corrected chi connectivity index (χ1v) is 6.27. The second kappa shape index (κ2) is 4.61. The third-order valence-corrected chi connectivity index (χ3v) is 4.37. The predicted octanol–water partition coefficient (Wildman–Crippen LogP) is 0.672. The average molecular weight is 229 g/mol. The van der Waals surface area contributed by atoms with Gasteiger partial charge in [0.2, 0.25) is 0 Å². The van der Waals surface area contributed by atoms with Crippen molar-refractivity contribution in [3.8, 4) is 0 Å². The van der Waals surface area contributed by atoms with Crippen LogP contribution in [0.3, 0.4) is 0 Å². The Kier molecular flexibility index (Phi) is 3.54. The molecule has 0 bridgehead atoms. The summed E-state index contributed by atoms with van der Waals surface area (Å²) in [4.78, 5) is 0. The van der Waals surface area contributed by atoms with Gasteiger partial charge in [0.05, 0.1) is 18.3 Å².